The summed E-state index contributed by atoms with van der Waals surface area (Å²) in [5.74, 6) is 0.338. The van der Waals surface area contributed by atoms with Crippen LogP contribution in [0.2, 0.25) is 0 Å². The smallest absolute Gasteiger partial charge is 0.0989 e. The molecule has 2 aliphatic rings. The topological polar surface area (TPSA) is 29.5 Å². The number of ether oxygens (including phenoxy) is 1. The van der Waals surface area contributed by atoms with Crippen LogP contribution in [-0.2, 0) is 10.3 Å². The Balaban J connectivity index is 1.80. The lowest BCUT2D eigenvalue weighted by molar-refractivity contribution is -0.173. The van der Waals surface area contributed by atoms with Crippen molar-refractivity contribution in [1.29, 1.82) is 0 Å². The summed E-state index contributed by atoms with van der Waals surface area (Å²) in [4.78, 5) is 2.39. The highest BCUT2D eigenvalue weighted by Gasteiger charge is 2.47. The summed E-state index contributed by atoms with van der Waals surface area (Å²) in [6.07, 6.45) is 5.65. The summed E-state index contributed by atoms with van der Waals surface area (Å²) in [6.45, 7) is 4.90. The lowest BCUT2D eigenvalue weighted by atomic mass is 9.68. The van der Waals surface area contributed by atoms with Gasteiger partial charge in [0.2, 0.25) is 0 Å². The molecule has 1 aliphatic carbocycles. The van der Waals surface area contributed by atoms with Gasteiger partial charge in [-0.25, -0.2) is 0 Å². The minimum atomic E-state index is -0.689. The molecule has 3 heteroatoms. The zero-order valence-electron chi connectivity index (χ0n) is 11.2. The van der Waals surface area contributed by atoms with Crippen molar-refractivity contribution in [1.82, 2.24) is 0 Å². The van der Waals surface area contributed by atoms with Crippen LogP contribution in [0.4, 0.5) is 0 Å². The van der Waals surface area contributed by atoms with Crippen molar-refractivity contribution >= 4 is 11.3 Å². The Hall–Kier alpha value is -0.380. The minimum absolute atomic E-state index is 0.110. The number of hydrogen-bond donors (Lipinski definition) is 1. The summed E-state index contributed by atoms with van der Waals surface area (Å²) < 4.78 is 5.96. The summed E-state index contributed by atoms with van der Waals surface area (Å²) >= 11 is 1.72. The Bertz CT molecular complexity index is 431. The van der Waals surface area contributed by atoms with E-state index >= 15 is 0 Å². The largest absolute Gasteiger partial charge is 0.384 e. The first kappa shape index (κ1) is 12.6. The van der Waals surface area contributed by atoms with Crippen LogP contribution in [-0.4, -0.2) is 17.3 Å². The second kappa shape index (κ2) is 4.32. The number of aryl methyl sites for hydroxylation is 1. The molecule has 2 heterocycles. The summed E-state index contributed by atoms with van der Waals surface area (Å²) in [6, 6.07) is 4.19. The van der Waals surface area contributed by atoms with Crippen LogP contribution in [0.3, 0.4) is 0 Å². The van der Waals surface area contributed by atoms with Crippen LogP contribution in [0.15, 0.2) is 12.1 Å². The van der Waals surface area contributed by atoms with Crippen LogP contribution in [0.5, 0.6) is 0 Å². The van der Waals surface area contributed by atoms with E-state index in [2.05, 4.69) is 19.1 Å². The highest BCUT2D eigenvalue weighted by Crippen LogP contribution is 2.49. The van der Waals surface area contributed by atoms with Crippen LogP contribution in [0, 0.1) is 12.8 Å². The highest BCUT2D eigenvalue weighted by atomic mass is 32.1. The predicted molar refractivity (Wildman–Crippen MR) is 73.9 cm³/mol. The van der Waals surface area contributed by atoms with Gasteiger partial charge in [-0.05, 0) is 64.0 Å². The summed E-state index contributed by atoms with van der Waals surface area (Å²) in [5, 5.41) is 10.9. The van der Waals surface area contributed by atoms with Gasteiger partial charge in [0.15, 0.2) is 0 Å². The van der Waals surface area contributed by atoms with Crippen molar-refractivity contribution < 1.29 is 9.84 Å². The van der Waals surface area contributed by atoms with Crippen molar-refractivity contribution in [2.24, 2.45) is 5.92 Å². The van der Waals surface area contributed by atoms with Gasteiger partial charge in [0.25, 0.3) is 0 Å². The van der Waals surface area contributed by atoms with Crippen LogP contribution in [0.1, 0.15) is 48.8 Å². The van der Waals surface area contributed by atoms with Crippen molar-refractivity contribution in [2.75, 3.05) is 6.61 Å². The molecule has 18 heavy (non-hydrogen) atoms. The van der Waals surface area contributed by atoms with E-state index in [1.807, 2.05) is 6.92 Å². The van der Waals surface area contributed by atoms with E-state index in [-0.39, 0.29) is 5.60 Å². The maximum absolute atomic E-state index is 10.9. The Labute approximate surface area is 113 Å². The first-order chi connectivity index (χ1) is 8.52. The zero-order chi connectivity index (χ0) is 12.8. The molecule has 100 valence electrons. The lowest BCUT2D eigenvalue weighted by Crippen LogP contribution is -2.49. The third-order valence-corrected chi connectivity index (χ3v) is 6.02. The Kier molecular flexibility index (Phi) is 3.04. The average molecular weight is 266 g/mol. The molecule has 0 bridgehead atoms. The van der Waals surface area contributed by atoms with Crippen molar-refractivity contribution in [2.45, 2.75) is 57.2 Å². The fraction of sp³-hybridized carbons (Fsp3) is 0.733. The Morgan fingerprint density at radius 2 is 2.22 bits per heavy atom. The predicted octanol–water partition coefficient (Wildman–Crippen LogP) is 3.61. The fourth-order valence-electron chi connectivity index (χ4n) is 3.33. The quantitative estimate of drug-likeness (QED) is 0.886. The van der Waals surface area contributed by atoms with Crippen molar-refractivity contribution in [3.63, 3.8) is 0 Å². The minimum Gasteiger partial charge on any atom is -0.384 e. The van der Waals surface area contributed by atoms with E-state index in [9.17, 15) is 5.11 Å². The second-order valence-corrected chi connectivity index (χ2v) is 7.42. The fourth-order valence-corrected chi connectivity index (χ4v) is 4.33. The van der Waals surface area contributed by atoms with Crippen molar-refractivity contribution in [3.05, 3.63) is 21.9 Å². The summed E-state index contributed by atoms with van der Waals surface area (Å²) in [7, 11) is 0. The molecule has 1 saturated heterocycles. The SMILES string of the molecule is Cc1ccc(C(C)(O)C2CCOC3(CCC3)C2)s1. The van der Waals surface area contributed by atoms with E-state index in [4.69, 9.17) is 4.74 Å². The van der Waals surface area contributed by atoms with Gasteiger partial charge in [0.1, 0.15) is 0 Å². The molecule has 2 unspecified atom stereocenters. The maximum Gasteiger partial charge on any atom is 0.0989 e. The maximum atomic E-state index is 10.9. The number of aliphatic hydroxyl groups is 1. The molecule has 1 N–H and O–H groups in total. The van der Waals surface area contributed by atoms with E-state index in [1.54, 1.807) is 11.3 Å². The first-order valence-electron chi connectivity index (χ1n) is 6.95. The number of rotatable bonds is 2. The van der Waals surface area contributed by atoms with Gasteiger partial charge in [-0.1, -0.05) is 0 Å². The molecular formula is C15H22O2S. The molecule has 1 aromatic rings. The van der Waals surface area contributed by atoms with Crippen molar-refractivity contribution in [3.8, 4) is 0 Å². The standard InChI is InChI=1S/C15H22O2S/c1-11-4-5-13(18-11)14(2,16)12-6-9-17-15(10-12)7-3-8-15/h4-5,12,16H,3,6-10H2,1-2H3. The molecule has 2 fully saturated rings. The third kappa shape index (κ3) is 2.02. The molecule has 1 saturated carbocycles. The van der Waals surface area contributed by atoms with E-state index in [1.165, 1.54) is 24.1 Å². The van der Waals surface area contributed by atoms with Gasteiger partial charge in [-0.2, -0.15) is 0 Å². The van der Waals surface area contributed by atoms with E-state index in [0.29, 0.717) is 5.92 Å². The molecule has 1 spiro atoms. The van der Waals surface area contributed by atoms with Gasteiger partial charge >= 0.3 is 0 Å². The third-order valence-electron chi connectivity index (χ3n) is 4.79. The Morgan fingerprint density at radius 3 is 2.78 bits per heavy atom. The van der Waals surface area contributed by atoms with E-state index in [0.717, 1.165) is 24.3 Å². The average Bonchev–Trinajstić information content (AvgIpc) is 2.75. The molecule has 1 aliphatic heterocycles. The number of hydrogen-bond acceptors (Lipinski definition) is 3. The van der Waals surface area contributed by atoms with Gasteiger partial charge in [-0.15, -0.1) is 11.3 Å². The van der Waals surface area contributed by atoms with Crippen LogP contribution >= 0.6 is 11.3 Å². The second-order valence-electron chi connectivity index (χ2n) is 6.13. The zero-order valence-corrected chi connectivity index (χ0v) is 12.1. The molecule has 0 aromatic carbocycles. The lowest BCUT2D eigenvalue weighted by Gasteiger charge is -2.50. The molecule has 3 rings (SSSR count). The van der Waals surface area contributed by atoms with Gasteiger partial charge < -0.3 is 9.84 Å². The Morgan fingerprint density at radius 1 is 1.44 bits per heavy atom. The van der Waals surface area contributed by atoms with Gasteiger partial charge in [0.05, 0.1) is 11.2 Å². The normalized spacial score (nSPS) is 29.8. The monoisotopic (exact) mass is 266 g/mol. The molecule has 1 aromatic heterocycles. The summed E-state index contributed by atoms with van der Waals surface area (Å²) in [5.41, 5.74) is -0.579. The molecule has 2 nitrogen and oxygen atoms in total. The van der Waals surface area contributed by atoms with Gasteiger partial charge in [0, 0.05) is 16.4 Å². The molecule has 0 radical (unpaired) electrons. The van der Waals surface area contributed by atoms with Gasteiger partial charge in [-0.3, -0.25) is 0 Å². The number of thiophene rings is 1. The molecule has 0 amide bonds. The molecular weight excluding hydrogens is 244 g/mol. The first-order valence-corrected chi connectivity index (χ1v) is 7.77. The van der Waals surface area contributed by atoms with Crippen LogP contribution < -0.4 is 0 Å². The van der Waals surface area contributed by atoms with E-state index < -0.39 is 5.60 Å². The van der Waals surface area contributed by atoms with Crippen LogP contribution in [0.25, 0.3) is 0 Å². The molecule has 2 atom stereocenters. The highest BCUT2D eigenvalue weighted by molar-refractivity contribution is 7.12.